The van der Waals surface area contributed by atoms with Gasteiger partial charge in [-0.15, -0.1) is 0 Å². The number of benzene rings is 1. The van der Waals surface area contributed by atoms with Crippen LogP contribution in [0.5, 0.6) is 5.75 Å². The summed E-state index contributed by atoms with van der Waals surface area (Å²) < 4.78 is 30.8. The summed E-state index contributed by atoms with van der Waals surface area (Å²) in [6, 6.07) is 6.12. The van der Waals surface area contributed by atoms with Crippen molar-refractivity contribution in [3.8, 4) is 11.8 Å². The van der Waals surface area contributed by atoms with Gasteiger partial charge in [0.2, 0.25) is 0 Å². The van der Waals surface area contributed by atoms with E-state index in [1.807, 2.05) is 26.8 Å². The van der Waals surface area contributed by atoms with Crippen molar-refractivity contribution in [2.45, 2.75) is 38.5 Å². The summed E-state index contributed by atoms with van der Waals surface area (Å²) in [4.78, 5) is 16.3. The Kier molecular flexibility index (Phi) is 7.70. The molecule has 1 N–H and O–H groups in total. The number of morpholine rings is 2. The second-order valence-corrected chi connectivity index (χ2v) is 9.02. The van der Waals surface area contributed by atoms with Gasteiger partial charge in [-0.3, -0.25) is 9.80 Å². The number of alkyl carbamates (subject to hydrolysis) is 1. The van der Waals surface area contributed by atoms with Crippen molar-refractivity contribution in [1.82, 2.24) is 15.1 Å². The zero-order chi connectivity index (χ0) is 22.4. The highest BCUT2D eigenvalue weighted by atomic mass is 19.1. The molecule has 3 rings (SSSR count). The number of carbonyl (C=O) groups is 1. The molecule has 2 atom stereocenters. The van der Waals surface area contributed by atoms with Crippen LogP contribution in [0, 0.1) is 17.1 Å². The number of hydrogen-bond donors (Lipinski definition) is 1. The Morgan fingerprint density at radius 2 is 1.81 bits per heavy atom. The van der Waals surface area contributed by atoms with E-state index in [9.17, 15) is 9.18 Å². The molecule has 2 unspecified atom stereocenters. The molecule has 31 heavy (non-hydrogen) atoms. The van der Waals surface area contributed by atoms with Gasteiger partial charge in [-0.1, -0.05) is 0 Å². The molecular weight excluding hydrogens is 403 g/mol. The summed E-state index contributed by atoms with van der Waals surface area (Å²) in [5.74, 6) is -0.360. The fraction of sp³-hybridized carbons (Fsp3) is 0.636. The Balaban J connectivity index is 1.37. The third kappa shape index (κ3) is 7.35. The van der Waals surface area contributed by atoms with E-state index in [0.717, 1.165) is 26.2 Å². The molecule has 2 aliphatic heterocycles. The number of fused-ring (bicyclic) bond motifs is 2. The van der Waals surface area contributed by atoms with Crippen molar-refractivity contribution in [3.63, 3.8) is 0 Å². The van der Waals surface area contributed by atoms with Gasteiger partial charge in [0.05, 0.1) is 23.8 Å². The van der Waals surface area contributed by atoms with Crippen LogP contribution >= 0.6 is 0 Å². The Morgan fingerprint density at radius 1 is 1.19 bits per heavy atom. The number of hydrogen-bond acceptors (Lipinski definition) is 7. The van der Waals surface area contributed by atoms with Crippen LogP contribution in [-0.2, 0) is 9.47 Å². The van der Waals surface area contributed by atoms with Crippen LogP contribution in [-0.4, -0.2) is 86.1 Å². The average Bonchev–Trinajstić information content (AvgIpc) is 2.67. The average molecular weight is 435 g/mol. The summed E-state index contributed by atoms with van der Waals surface area (Å²) >= 11 is 0. The van der Waals surface area contributed by atoms with Gasteiger partial charge in [-0.05, 0) is 39.0 Å². The van der Waals surface area contributed by atoms with Crippen molar-refractivity contribution >= 4 is 6.09 Å². The quantitative estimate of drug-likeness (QED) is 0.702. The van der Waals surface area contributed by atoms with Gasteiger partial charge in [0.1, 0.15) is 13.2 Å². The maximum absolute atomic E-state index is 13.9. The lowest BCUT2D eigenvalue weighted by Gasteiger charge is -2.45. The van der Waals surface area contributed by atoms with E-state index in [0.29, 0.717) is 26.3 Å². The fourth-order valence-electron chi connectivity index (χ4n) is 3.81. The maximum Gasteiger partial charge on any atom is 0.407 e. The van der Waals surface area contributed by atoms with Gasteiger partial charge in [0.15, 0.2) is 11.6 Å². The van der Waals surface area contributed by atoms with E-state index in [1.165, 1.54) is 12.1 Å². The van der Waals surface area contributed by atoms with E-state index in [4.69, 9.17) is 19.5 Å². The molecule has 2 heterocycles. The molecule has 2 aliphatic rings. The topological polar surface area (TPSA) is 87.1 Å². The SMILES string of the molecule is CC(C)(C)NC(=O)OCCN1CC2CN(CCOc3ccc(C#N)cc3F)CC(C1)O2. The lowest BCUT2D eigenvalue weighted by atomic mass is 10.1. The van der Waals surface area contributed by atoms with Crippen LogP contribution in [0.1, 0.15) is 26.3 Å². The number of halogens is 1. The molecule has 1 aromatic carbocycles. The minimum atomic E-state index is -0.521. The van der Waals surface area contributed by atoms with Gasteiger partial charge in [-0.2, -0.15) is 5.26 Å². The van der Waals surface area contributed by atoms with E-state index < -0.39 is 11.9 Å². The predicted molar refractivity (Wildman–Crippen MR) is 112 cm³/mol. The summed E-state index contributed by atoms with van der Waals surface area (Å²) in [5.41, 5.74) is -0.0396. The van der Waals surface area contributed by atoms with Crippen LogP contribution in [0.15, 0.2) is 18.2 Å². The molecule has 0 spiro atoms. The normalized spacial score (nSPS) is 21.9. The summed E-state index contributed by atoms with van der Waals surface area (Å²) in [6.45, 7) is 10.9. The molecule has 1 aromatic rings. The Labute approximate surface area is 182 Å². The first kappa shape index (κ1) is 23.3. The minimum Gasteiger partial charge on any atom is -0.489 e. The van der Waals surface area contributed by atoms with Crippen molar-refractivity contribution in [2.75, 3.05) is 52.5 Å². The molecule has 0 saturated carbocycles. The summed E-state index contributed by atoms with van der Waals surface area (Å²) in [6.07, 6.45) is -0.226. The second-order valence-electron chi connectivity index (χ2n) is 9.02. The van der Waals surface area contributed by atoms with Gasteiger partial charge < -0.3 is 19.5 Å². The zero-order valence-electron chi connectivity index (χ0n) is 18.4. The summed E-state index contributed by atoms with van der Waals surface area (Å²) in [5, 5.41) is 11.6. The molecule has 0 aliphatic carbocycles. The Hall–Kier alpha value is -2.41. The minimum absolute atomic E-state index is 0.0857. The summed E-state index contributed by atoms with van der Waals surface area (Å²) in [7, 11) is 0. The number of nitrogens with zero attached hydrogens (tertiary/aromatic N) is 3. The van der Waals surface area contributed by atoms with Gasteiger partial charge in [0, 0.05) is 44.8 Å². The fourth-order valence-corrected chi connectivity index (χ4v) is 3.81. The van der Waals surface area contributed by atoms with Crippen LogP contribution < -0.4 is 10.1 Å². The first-order valence-corrected chi connectivity index (χ1v) is 10.6. The molecule has 9 heteroatoms. The number of nitrogens with one attached hydrogen (secondary N) is 1. The highest BCUT2D eigenvalue weighted by Gasteiger charge is 2.34. The van der Waals surface area contributed by atoms with Crippen molar-refractivity contribution in [3.05, 3.63) is 29.6 Å². The lowest BCUT2D eigenvalue weighted by molar-refractivity contribution is -0.140. The first-order valence-electron chi connectivity index (χ1n) is 10.6. The van der Waals surface area contributed by atoms with Crippen LogP contribution in [0.3, 0.4) is 0 Å². The van der Waals surface area contributed by atoms with Gasteiger partial charge in [0.25, 0.3) is 0 Å². The smallest absolute Gasteiger partial charge is 0.407 e. The van der Waals surface area contributed by atoms with Crippen LogP contribution in [0.25, 0.3) is 0 Å². The molecule has 2 fully saturated rings. The molecule has 8 nitrogen and oxygen atoms in total. The number of nitriles is 1. The number of ether oxygens (including phenoxy) is 3. The highest BCUT2D eigenvalue weighted by molar-refractivity contribution is 5.68. The van der Waals surface area contributed by atoms with Crippen molar-refractivity contribution < 1.29 is 23.4 Å². The second kappa shape index (κ2) is 10.3. The zero-order valence-corrected chi connectivity index (χ0v) is 18.4. The molecule has 2 saturated heterocycles. The lowest BCUT2D eigenvalue weighted by Crippen LogP contribution is -2.60. The molecule has 2 bridgehead atoms. The molecular formula is C22H31FN4O4. The van der Waals surface area contributed by atoms with E-state index in [-0.39, 0.29) is 29.1 Å². The third-order valence-corrected chi connectivity index (χ3v) is 5.08. The molecule has 0 radical (unpaired) electrons. The Bertz CT molecular complexity index is 794. The van der Waals surface area contributed by atoms with Gasteiger partial charge >= 0.3 is 6.09 Å². The van der Waals surface area contributed by atoms with Crippen molar-refractivity contribution in [1.29, 1.82) is 5.26 Å². The van der Waals surface area contributed by atoms with E-state index in [1.54, 1.807) is 6.07 Å². The van der Waals surface area contributed by atoms with E-state index >= 15 is 0 Å². The number of amides is 1. The predicted octanol–water partition coefficient (Wildman–Crippen LogP) is 1.99. The number of rotatable bonds is 7. The van der Waals surface area contributed by atoms with Crippen LogP contribution in [0.4, 0.5) is 9.18 Å². The van der Waals surface area contributed by atoms with E-state index in [2.05, 4.69) is 15.1 Å². The monoisotopic (exact) mass is 434 g/mol. The number of carbonyl (C=O) groups excluding carboxylic acids is 1. The van der Waals surface area contributed by atoms with Gasteiger partial charge in [-0.25, -0.2) is 9.18 Å². The molecule has 0 aromatic heterocycles. The molecule has 170 valence electrons. The van der Waals surface area contributed by atoms with Crippen LogP contribution in [0.2, 0.25) is 0 Å². The first-order chi connectivity index (χ1) is 14.7. The standard InChI is InChI=1S/C22H31FN4O4/c1-22(2,3)25-21(28)30-9-7-27-14-17-12-26(13-18(15-27)31-17)6-8-29-20-5-4-16(11-24)10-19(20)23/h4-5,10,17-18H,6-9,12-15H2,1-3H3,(H,25,28). The largest absolute Gasteiger partial charge is 0.489 e. The molecule has 1 amide bonds. The third-order valence-electron chi connectivity index (χ3n) is 5.08. The van der Waals surface area contributed by atoms with Crippen molar-refractivity contribution in [2.24, 2.45) is 0 Å². The maximum atomic E-state index is 13.9. The highest BCUT2D eigenvalue weighted by Crippen LogP contribution is 2.20. The Morgan fingerprint density at radius 3 is 2.35 bits per heavy atom.